The van der Waals surface area contributed by atoms with Crippen LogP contribution in [0.2, 0.25) is 10.0 Å². The average molecular weight is 467 g/mol. The molecule has 3 aromatic rings. The fraction of sp³-hybridized carbons (Fsp3) is 0.0952. The van der Waals surface area contributed by atoms with Crippen LogP contribution in [0.3, 0.4) is 0 Å². The number of sulfonamides is 1. The minimum Gasteiger partial charge on any atom is -0.337 e. The van der Waals surface area contributed by atoms with Crippen molar-refractivity contribution in [3.05, 3.63) is 93.7 Å². The summed E-state index contributed by atoms with van der Waals surface area (Å²) >= 11 is 11.9. The lowest BCUT2D eigenvalue weighted by atomic mass is 10.1. The van der Waals surface area contributed by atoms with Gasteiger partial charge in [-0.3, -0.25) is 9.52 Å². The zero-order chi connectivity index (χ0) is 21.9. The lowest BCUT2D eigenvalue weighted by Gasteiger charge is -2.18. The summed E-state index contributed by atoms with van der Waals surface area (Å²) in [5.74, 6) is -0.983. The maximum atomic E-state index is 13.7. The van der Waals surface area contributed by atoms with Crippen LogP contribution in [0, 0.1) is 5.82 Å². The van der Waals surface area contributed by atoms with E-state index >= 15 is 0 Å². The standard InChI is InChI=1S/C21H17Cl2FN2O3S/c1-26(13-14-6-11-17(22)18(23)12-14)21(27)15-7-9-16(10-8-15)30(28,29)25-20-5-3-2-4-19(20)24/h2-12,25H,13H2,1H3. The first-order chi connectivity index (χ1) is 14.2. The van der Waals surface area contributed by atoms with Crippen molar-refractivity contribution >= 4 is 44.8 Å². The highest BCUT2D eigenvalue weighted by atomic mass is 35.5. The van der Waals surface area contributed by atoms with E-state index < -0.39 is 15.8 Å². The quantitative estimate of drug-likeness (QED) is 0.542. The van der Waals surface area contributed by atoms with Gasteiger partial charge >= 0.3 is 0 Å². The van der Waals surface area contributed by atoms with Crippen molar-refractivity contribution in [2.24, 2.45) is 0 Å². The van der Waals surface area contributed by atoms with E-state index in [9.17, 15) is 17.6 Å². The molecular weight excluding hydrogens is 450 g/mol. The zero-order valence-corrected chi connectivity index (χ0v) is 18.1. The summed E-state index contributed by atoms with van der Waals surface area (Å²) in [7, 11) is -2.38. The molecule has 0 aliphatic rings. The number of carbonyl (C=O) groups is 1. The summed E-state index contributed by atoms with van der Waals surface area (Å²) in [6, 6.07) is 16.0. The van der Waals surface area contributed by atoms with Crippen LogP contribution in [-0.2, 0) is 16.6 Å². The van der Waals surface area contributed by atoms with Crippen LogP contribution in [0.4, 0.5) is 10.1 Å². The Morgan fingerprint density at radius 3 is 2.30 bits per heavy atom. The Morgan fingerprint density at radius 1 is 1.00 bits per heavy atom. The molecule has 5 nitrogen and oxygen atoms in total. The number of carbonyl (C=O) groups excluding carboxylic acids is 1. The van der Waals surface area contributed by atoms with Gasteiger partial charge in [0, 0.05) is 19.2 Å². The van der Waals surface area contributed by atoms with Gasteiger partial charge in [0.05, 0.1) is 20.6 Å². The fourth-order valence-corrected chi connectivity index (χ4v) is 4.12. The Bertz CT molecular complexity index is 1190. The molecule has 0 fully saturated rings. The Morgan fingerprint density at radius 2 is 1.67 bits per heavy atom. The van der Waals surface area contributed by atoms with E-state index in [0.717, 1.165) is 11.6 Å². The van der Waals surface area contributed by atoms with E-state index in [2.05, 4.69) is 4.72 Å². The molecule has 1 amide bonds. The Hall–Kier alpha value is -2.61. The molecule has 3 rings (SSSR count). The summed E-state index contributed by atoms with van der Waals surface area (Å²) in [5, 5.41) is 0.821. The molecule has 30 heavy (non-hydrogen) atoms. The predicted octanol–water partition coefficient (Wildman–Crippen LogP) is 5.21. The molecule has 0 spiro atoms. The Labute approximate surface area is 184 Å². The maximum Gasteiger partial charge on any atom is 0.261 e. The van der Waals surface area contributed by atoms with Gasteiger partial charge in [0.2, 0.25) is 0 Å². The third-order valence-corrected chi connectivity index (χ3v) is 6.40. The van der Waals surface area contributed by atoms with Gasteiger partial charge in [-0.25, -0.2) is 12.8 Å². The van der Waals surface area contributed by atoms with Crippen molar-refractivity contribution in [2.45, 2.75) is 11.4 Å². The van der Waals surface area contributed by atoms with Crippen molar-refractivity contribution < 1.29 is 17.6 Å². The van der Waals surface area contributed by atoms with Crippen LogP contribution in [0.15, 0.2) is 71.6 Å². The predicted molar refractivity (Wildman–Crippen MR) is 116 cm³/mol. The second-order valence-corrected chi connectivity index (χ2v) is 9.02. The molecule has 0 saturated carbocycles. The highest BCUT2D eigenvalue weighted by Crippen LogP contribution is 2.24. The molecule has 0 heterocycles. The number of halogens is 3. The number of anilines is 1. The van der Waals surface area contributed by atoms with Gasteiger partial charge in [0.25, 0.3) is 15.9 Å². The first-order valence-electron chi connectivity index (χ1n) is 8.74. The molecule has 156 valence electrons. The summed E-state index contributed by atoms with van der Waals surface area (Å²) in [5.41, 5.74) is 0.954. The van der Waals surface area contributed by atoms with Crippen molar-refractivity contribution in [2.75, 3.05) is 11.8 Å². The molecule has 0 bridgehead atoms. The SMILES string of the molecule is CN(Cc1ccc(Cl)c(Cl)c1)C(=O)c1ccc(S(=O)(=O)Nc2ccccc2F)cc1. The zero-order valence-electron chi connectivity index (χ0n) is 15.8. The topological polar surface area (TPSA) is 66.5 Å². The van der Waals surface area contributed by atoms with Gasteiger partial charge in [-0.15, -0.1) is 0 Å². The first kappa shape index (κ1) is 22.1. The lowest BCUT2D eigenvalue weighted by molar-refractivity contribution is 0.0785. The van der Waals surface area contributed by atoms with Crippen LogP contribution in [0.25, 0.3) is 0 Å². The smallest absolute Gasteiger partial charge is 0.261 e. The molecule has 0 saturated heterocycles. The number of benzene rings is 3. The normalized spacial score (nSPS) is 11.2. The monoisotopic (exact) mass is 466 g/mol. The van der Waals surface area contributed by atoms with Crippen LogP contribution in [0.1, 0.15) is 15.9 Å². The van der Waals surface area contributed by atoms with Crippen molar-refractivity contribution in [1.82, 2.24) is 4.90 Å². The molecule has 1 N–H and O–H groups in total. The van der Waals surface area contributed by atoms with Crippen LogP contribution < -0.4 is 4.72 Å². The summed E-state index contributed by atoms with van der Waals surface area (Å²) in [6.45, 7) is 0.296. The molecule has 0 atom stereocenters. The molecule has 3 aromatic carbocycles. The van der Waals surface area contributed by atoms with Crippen LogP contribution in [0.5, 0.6) is 0 Å². The van der Waals surface area contributed by atoms with Crippen molar-refractivity contribution in [3.8, 4) is 0 Å². The van der Waals surface area contributed by atoms with Crippen molar-refractivity contribution in [3.63, 3.8) is 0 Å². The summed E-state index contributed by atoms with van der Waals surface area (Å²) in [6.07, 6.45) is 0. The van der Waals surface area contributed by atoms with Gasteiger partial charge in [-0.2, -0.15) is 0 Å². The molecule has 0 aliphatic heterocycles. The largest absolute Gasteiger partial charge is 0.337 e. The minimum absolute atomic E-state index is 0.0885. The van der Waals surface area contributed by atoms with Crippen molar-refractivity contribution in [1.29, 1.82) is 0 Å². The number of amides is 1. The van der Waals surface area contributed by atoms with Gasteiger partial charge in [0.1, 0.15) is 5.82 Å². The minimum atomic E-state index is -4.00. The third kappa shape index (κ3) is 5.11. The van der Waals surface area contributed by atoms with E-state index in [1.54, 1.807) is 25.2 Å². The molecular formula is C21H17Cl2FN2O3S. The Balaban J connectivity index is 1.73. The number of hydrogen-bond acceptors (Lipinski definition) is 3. The number of nitrogens with zero attached hydrogens (tertiary/aromatic N) is 1. The van der Waals surface area contributed by atoms with E-state index in [-0.39, 0.29) is 16.5 Å². The molecule has 0 unspecified atom stereocenters. The molecule has 9 heteroatoms. The van der Waals surface area contributed by atoms with E-state index in [1.807, 2.05) is 0 Å². The average Bonchev–Trinajstić information content (AvgIpc) is 2.72. The fourth-order valence-electron chi connectivity index (χ4n) is 2.73. The summed E-state index contributed by atoms with van der Waals surface area (Å²) < 4.78 is 40.9. The highest BCUT2D eigenvalue weighted by Gasteiger charge is 2.18. The summed E-state index contributed by atoms with van der Waals surface area (Å²) in [4.78, 5) is 14.0. The van der Waals surface area contributed by atoms with Gasteiger partial charge in [-0.05, 0) is 54.1 Å². The second-order valence-electron chi connectivity index (χ2n) is 6.52. The Kier molecular flexibility index (Phi) is 6.65. The first-order valence-corrected chi connectivity index (χ1v) is 11.0. The third-order valence-electron chi connectivity index (χ3n) is 4.28. The van der Waals surface area contributed by atoms with Gasteiger partial charge in [-0.1, -0.05) is 41.4 Å². The second kappa shape index (κ2) is 9.04. The number of rotatable bonds is 6. The molecule has 0 aromatic heterocycles. The molecule has 0 aliphatic carbocycles. The number of hydrogen-bond donors (Lipinski definition) is 1. The van der Waals surface area contributed by atoms with E-state index in [0.29, 0.717) is 22.2 Å². The van der Waals surface area contributed by atoms with E-state index in [4.69, 9.17) is 23.2 Å². The van der Waals surface area contributed by atoms with Crippen LogP contribution >= 0.6 is 23.2 Å². The van der Waals surface area contributed by atoms with Gasteiger partial charge in [0.15, 0.2) is 0 Å². The highest BCUT2D eigenvalue weighted by molar-refractivity contribution is 7.92. The van der Waals surface area contributed by atoms with Crippen LogP contribution in [-0.4, -0.2) is 26.3 Å². The van der Waals surface area contributed by atoms with E-state index in [1.165, 1.54) is 47.4 Å². The van der Waals surface area contributed by atoms with Gasteiger partial charge < -0.3 is 4.90 Å². The lowest BCUT2D eigenvalue weighted by Crippen LogP contribution is -2.26. The molecule has 0 radical (unpaired) electrons. The number of nitrogens with one attached hydrogen (secondary N) is 1. The maximum absolute atomic E-state index is 13.7. The number of para-hydroxylation sites is 1.